The minimum atomic E-state index is -0.273. The molecule has 3 nitrogen and oxygen atoms in total. The fourth-order valence-electron chi connectivity index (χ4n) is 0.893. The minimum Gasteiger partial charge on any atom is -0.392 e. The van der Waals surface area contributed by atoms with E-state index >= 15 is 0 Å². The monoisotopic (exact) mass is 154 g/mol. The summed E-state index contributed by atoms with van der Waals surface area (Å²) in [5.41, 5.74) is 1.14. The molecule has 1 unspecified atom stereocenters. The molecular weight excluding hydrogens is 140 g/mol. The van der Waals surface area contributed by atoms with Crippen LogP contribution in [0.5, 0.6) is 0 Å². The van der Waals surface area contributed by atoms with Gasteiger partial charge in [-0.2, -0.15) is 0 Å². The van der Waals surface area contributed by atoms with Crippen molar-refractivity contribution in [2.75, 3.05) is 6.54 Å². The molecule has 1 heterocycles. The molecule has 62 valence electrons. The predicted octanol–water partition coefficient (Wildman–Crippen LogP) is 0.485. The van der Waals surface area contributed by atoms with E-state index in [9.17, 15) is 0 Å². The maximum Gasteiger partial charge on any atom is 0.0636 e. The van der Waals surface area contributed by atoms with Crippen LogP contribution >= 0.6 is 0 Å². The lowest BCUT2D eigenvalue weighted by Crippen LogP contribution is -2.23. The third-order valence-electron chi connectivity index (χ3n) is 1.42. The van der Waals surface area contributed by atoms with Crippen LogP contribution in [0.1, 0.15) is 12.6 Å². The van der Waals surface area contributed by atoms with Gasteiger partial charge in [0.25, 0.3) is 0 Å². The van der Waals surface area contributed by atoms with E-state index in [2.05, 4.69) is 10.3 Å². The molecular formula is C8H14N2O. The Morgan fingerprint density at radius 2 is 2.55 bits per heavy atom. The van der Waals surface area contributed by atoms with Gasteiger partial charge in [-0.1, -0.05) is 0 Å². The highest BCUT2D eigenvalue weighted by Crippen LogP contribution is 1.92. The summed E-state index contributed by atoms with van der Waals surface area (Å²) in [5, 5.41) is 12.0. The van der Waals surface area contributed by atoms with E-state index in [0.29, 0.717) is 6.54 Å². The van der Waals surface area contributed by atoms with Crippen LogP contribution in [0.15, 0.2) is 18.3 Å². The minimum absolute atomic E-state index is 0.273. The van der Waals surface area contributed by atoms with Crippen LogP contribution in [0.25, 0.3) is 0 Å². The second kappa shape index (κ2) is 4.16. The average molecular weight is 154 g/mol. The van der Waals surface area contributed by atoms with E-state index in [-0.39, 0.29) is 6.10 Å². The summed E-state index contributed by atoms with van der Waals surface area (Å²) in [5.74, 6) is 0. The molecule has 11 heavy (non-hydrogen) atoms. The van der Waals surface area contributed by atoms with E-state index in [1.165, 1.54) is 0 Å². The molecule has 3 N–H and O–H groups in total. The largest absolute Gasteiger partial charge is 0.392 e. The van der Waals surface area contributed by atoms with Crippen LogP contribution in [0.3, 0.4) is 0 Å². The fourth-order valence-corrected chi connectivity index (χ4v) is 0.893. The van der Waals surface area contributed by atoms with Gasteiger partial charge in [0.1, 0.15) is 0 Å². The summed E-state index contributed by atoms with van der Waals surface area (Å²) in [4.78, 5) is 3.07. The Labute approximate surface area is 66.4 Å². The van der Waals surface area contributed by atoms with Gasteiger partial charge in [0, 0.05) is 25.0 Å². The average Bonchev–Trinajstić information content (AvgIpc) is 2.39. The van der Waals surface area contributed by atoms with Crippen LogP contribution in [0.2, 0.25) is 0 Å². The van der Waals surface area contributed by atoms with Crippen molar-refractivity contribution in [2.24, 2.45) is 0 Å². The van der Waals surface area contributed by atoms with Crippen molar-refractivity contribution in [2.45, 2.75) is 19.6 Å². The molecule has 1 aromatic heterocycles. The van der Waals surface area contributed by atoms with Crippen molar-refractivity contribution in [3.63, 3.8) is 0 Å². The molecule has 0 aromatic carbocycles. The summed E-state index contributed by atoms with van der Waals surface area (Å²) >= 11 is 0. The quantitative estimate of drug-likeness (QED) is 0.591. The van der Waals surface area contributed by atoms with Gasteiger partial charge in [0.15, 0.2) is 0 Å². The first kappa shape index (κ1) is 8.30. The van der Waals surface area contributed by atoms with Gasteiger partial charge >= 0.3 is 0 Å². The number of hydrogen-bond acceptors (Lipinski definition) is 2. The fraction of sp³-hybridized carbons (Fsp3) is 0.500. The smallest absolute Gasteiger partial charge is 0.0636 e. The summed E-state index contributed by atoms with van der Waals surface area (Å²) in [6.45, 7) is 3.19. The Balaban J connectivity index is 2.14. The Morgan fingerprint density at radius 1 is 1.73 bits per heavy atom. The highest BCUT2D eigenvalue weighted by molar-refractivity contribution is 5.02. The SMILES string of the molecule is CC(O)CNCc1ccc[nH]1. The molecule has 0 spiro atoms. The first-order chi connectivity index (χ1) is 5.29. The van der Waals surface area contributed by atoms with Gasteiger partial charge in [-0.25, -0.2) is 0 Å². The van der Waals surface area contributed by atoms with Crippen molar-refractivity contribution in [1.29, 1.82) is 0 Å². The predicted molar refractivity (Wildman–Crippen MR) is 44.2 cm³/mol. The zero-order valence-electron chi connectivity index (χ0n) is 6.67. The van der Waals surface area contributed by atoms with Crippen molar-refractivity contribution in [1.82, 2.24) is 10.3 Å². The standard InChI is InChI=1S/C8H14N2O/c1-7(11)5-9-6-8-3-2-4-10-8/h2-4,7,9-11H,5-6H2,1H3. The summed E-state index contributed by atoms with van der Waals surface area (Å²) in [7, 11) is 0. The molecule has 0 saturated carbocycles. The topological polar surface area (TPSA) is 48.0 Å². The second-order valence-corrected chi connectivity index (χ2v) is 2.68. The summed E-state index contributed by atoms with van der Waals surface area (Å²) < 4.78 is 0. The number of aromatic amines is 1. The van der Waals surface area contributed by atoms with E-state index in [1.807, 2.05) is 18.3 Å². The normalized spacial score (nSPS) is 13.3. The molecule has 3 heteroatoms. The van der Waals surface area contributed by atoms with E-state index in [1.54, 1.807) is 6.92 Å². The highest BCUT2D eigenvalue weighted by atomic mass is 16.3. The molecule has 0 radical (unpaired) electrons. The Morgan fingerprint density at radius 3 is 3.09 bits per heavy atom. The maximum atomic E-state index is 8.91. The lowest BCUT2D eigenvalue weighted by atomic mass is 10.4. The number of aliphatic hydroxyl groups is 1. The molecule has 0 aliphatic carbocycles. The first-order valence-electron chi connectivity index (χ1n) is 3.80. The number of nitrogens with one attached hydrogen (secondary N) is 2. The van der Waals surface area contributed by atoms with Gasteiger partial charge in [-0.3, -0.25) is 0 Å². The van der Waals surface area contributed by atoms with E-state index < -0.39 is 0 Å². The maximum absolute atomic E-state index is 8.91. The number of aliphatic hydroxyl groups excluding tert-OH is 1. The van der Waals surface area contributed by atoms with Gasteiger partial charge in [0.2, 0.25) is 0 Å². The van der Waals surface area contributed by atoms with Gasteiger partial charge < -0.3 is 15.4 Å². The van der Waals surface area contributed by atoms with Gasteiger partial charge in [0.05, 0.1) is 6.10 Å². The van der Waals surface area contributed by atoms with Crippen LogP contribution in [-0.4, -0.2) is 22.7 Å². The molecule has 1 rings (SSSR count). The third kappa shape index (κ3) is 3.20. The van der Waals surface area contributed by atoms with E-state index in [4.69, 9.17) is 5.11 Å². The molecule has 1 atom stereocenters. The zero-order chi connectivity index (χ0) is 8.10. The molecule has 0 amide bonds. The number of H-pyrrole nitrogens is 1. The lowest BCUT2D eigenvalue weighted by Gasteiger charge is -2.04. The van der Waals surface area contributed by atoms with Crippen molar-refractivity contribution in [3.8, 4) is 0 Å². The molecule has 0 aliphatic heterocycles. The van der Waals surface area contributed by atoms with Crippen molar-refractivity contribution >= 4 is 0 Å². The molecule has 0 saturated heterocycles. The van der Waals surface area contributed by atoms with Crippen LogP contribution in [-0.2, 0) is 6.54 Å². The molecule has 0 fully saturated rings. The van der Waals surface area contributed by atoms with Gasteiger partial charge in [-0.05, 0) is 19.1 Å². The number of rotatable bonds is 4. The third-order valence-corrected chi connectivity index (χ3v) is 1.42. The van der Waals surface area contributed by atoms with Crippen LogP contribution in [0.4, 0.5) is 0 Å². The number of aromatic nitrogens is 1. The first-order valence-corrected chi connectivity index (χ1v) is 3.80. The highest BCUT2D eigenvalue weighted by Gasteiger charge is 1.94. The molecule has 1 aromatic rings. The Hall–Kier alpha value is -0.800. The molecule has 0 aliphatic rings. The Kier molecular flexibility index (Phi) is 3.14. The van der Waals surface area contributed by atoms with Gasteiger partial charge in [-0.15, -0.1) is 0 Å². The Bertz CT molecular complexity index is 182. The van der Waals surface area contributed by atoms with E-state index in [0.717, 1.165) is 12.2 Å². The van der Waals surface area contributed by atoms with Crippen LogP contribution < -0.4 is 5.32 Å². The van der Waals surface area contributed by atoms with Crippen LogP contribution in [0, 0.1) is 0 Å². The summed E-state index contributed by atoms with van der Waals surface area (Å²) in [6.07, 6.45) is 1.62. The molecule has 0 bridgehead atoms. The second-order valence-electron chi connectivity index (χ2n) is 2.68. The number of hydrogen-bond donors (Lipinski definition) is 3. The van der Waals surface area contributed by atoms with Crippen molar-refractivity contribution < 1.29 is 5.11 Å². The zero-order valence-corrected chi connectivity index (χ0v) is 6.67. The van der Waals surface area contributed by atoms with Crippen molar-refractivity contribution in [3.05, 3.63) is 24.0 Å². The lowest BCUT2D eigenvalue weighted by molar-refractivity contribution is 0.191. The summed E-state index contributed by atoms with van der Waals surface area (Å²) in [6, 6.07) is 3.97.